The van der Waals surface area contributed by atoms with Gasteiger partial charge in [-0.2, -0.15) is 11.8 Å². The predicted molar refractivity (Wildman–Crippen MR) is 125 cm³/mol. The molecule has 11 heteroatoms. The van der Waals surface area contributed by atoms with Gasteiger partial charge in [-0.15, -0.1) is 0 Å². The first kappa shape index (κ1) is 29.5. The second-order valence-electron chi connectivity index (χ2n) is 10.2. The van der Waals surface area contributed by atoms with Crippen LogP contribution in [0.4, 0.5) is 4.79 Å². The van der Waals surface area contributed by atoms with Gasteiger partial charge in [0, 0.05) is 11.5 Å². The van der Waals surface area contributed by atoms with Gasteiger partial charge in [-0.3, -0.25) is 4.79 Å². The van der Waals surface area contributed by atoms with Crippen molar-refractivity contribution >= 4 is 29.7 Å². The zero-order chi connectivity index (χ0) is 25.4. The summed E-state index contributed by atoms with van der Waals surface area (Å²) in [5.74, 6) is -1.03. The summed E-state index contributed by atoms with van der Waals surface area (Å²) in [6.07, 6.45) is -0.858. The van der Waals surface area contributed by atoms with Crippen molar-refractivity contribution in [3.63, 3.8) is 0 Å². The molecular formula is C22H40N2O8S. The second kappa shape index (κ2) is 12.2. The van der Waals surface area contributed by atoms with E-state index in [1.54, 1.807) is 20.8 Å². The van der Waals surface area contributed by atoms with E-state index in [-0.39, 0.29) is 18.5 Å². The van der Waals surface area contributed by atoms with E-state index in [9.17, 15) is 14.4 Å². The highest BCUT2D eigenvalue weighted by Crippen LogP contribution is 2.24. The molecule has 0 spiro atoms. The number of amides is 2. The summed E-state index contributed by atoms with van der Waals surface area (Å²) in [6.45, 7) is 14.7. The number of alkyl carbamates (subject to hydrolysis) is 1. The van der Waals surface area contributed by atoms with Gasteiger partial charge in [0.25, 0.3) is 0 Å². The van der Waals surface area contributed by atoms with Gasteiger partial charge in [-0.05, 0) is 55.4 Å². The van der Waals surface area contributed by atoms with E-state index >= 15 is 0 Å². The van der Waals surface area contributed by atoms with Gasteiger partial charge in [0.1, 0.15) is 11.6 Å². The van der Waals surface area contributed by atoms with Crippen LogP contribution in [0.2, 0.25) is 0 Å². The van der Waals surface area contributed by atoms with Crippen molar-refractivity contribution in [3.8, 4) is 0 Å². The van der Waals surface area contributed by atoms with Crippen LogP contribution in [0.3, 0.4) is 0 Å². The Morgan fingerprint density at radius 2 is 1.70 bits per heavy atom. The lowest BCUT2D eigenvalue weighted by molar-refractivity contribution is -0.148. The summed E-state index contributed by atoms with van der Waals surface area (Å²) in [5, 5.41) is 5.21. The van der Waals surface area contributed by atoms with Gasteiger partial charge in [0.05, 0.1) is 32.0 Å². The van der Waals surface area contributed by atoms with Crippen LogP contribution >= 0.6 is 11.8 Å². The van der Waals surface area contributed by atoms with Crippen LogP contribution in [0.25, 0.3) is 0 Å². The van der Waals surface area contributed by atoms with Crippen molar-refractivity contribution in [3.05, 3.63) is 0 Å². The maximum absolute atomic E-state index is 13.0. The van der Waals surface area contributed by atoms with E-state index in [0.717, 1.165) is 0 Å². The smallest absolute Gasteiger partial charge is 0.408 e. The third-order valence-corrected chi connectivity index (χ3v) is 5.32. The molecule has 1 aliphatic heterocycles. The molecule has 0 aromatic rings. The van der Waals surface area contributed by atoms with Crippen molar-refractivity contribution in [2.75, 3.05) is 31.8 Å². The van der Waals surface area contributed by atoms with Crippen LogP contribution < -0.4 is 10.6 Å². The third-order valence-electron chi connectivity index (χ3n) is 4.15. The molecule has 2 amide bonds. The summed E-state index contributed by atoms with van der Waals surface area (Å²) in [6, 6.07) is -1.98. The second-order valence-corrected chi connectivity index (χ2v) is 11.3. The number of esters is 1. The highest BCUT2D eigenvalue weighted by Gasteiger charge is 2.34. The van der Waals surface area contributed by atoms with Gasteiger partial charge in [-0.1, -0.05) is 0 Å². The Bertz CT molecular complexity index is 672. The Hall–Kier alpha value is -1.56. The molecule has 1 rings (SSSR count). The number of carbonyl (C=O) groups excluding carboxylic acids is 3. The minimum atomic E-state index is -1.03. The minimum absolute atomic E-state index is 0.0729. The fourth-order valence-electron chi connectivity index (χ4n) is 2.71. The van der Waals surface area contributed by atoms with Gasteiger partial charge in [0.2, 0.25) is 5.91 Å². The number of rotatable bonds is 10. The van der Waals surface area contributed by atoms with Crippen LogP contribution in [0.1, 0.15) is 55.4 Å². The fourth-order valence-corrected chi connectivity index (χ4v) is 3.75. The molecular weight excluding hydrogens is 452 g/mol. The largest absolute Gasteiger partial charge is 0.467 e. The molecule has 192 valence electrons. The van der Waals surface area contributed by atoms with E-state index < -0.39 is 47.0 Å². The zero-order valence-corrected chi connectivity index (χ0v) is 22.1. The lowest BCUT2D eigenvalue weighted by atomic mass is 10.2. The molecule has 0 radical (unpaired) electrons. The highest BCUT2D eigenvalue weighted by atomic mass is 32.2. The van der Waals surface area contributed by atoms with Crippen molar-refractivity contribution < 1.29 is 38.1 Å². The first-order chi connectivity index (χ1) is 15.0. The van der Waals surface area contributed by atoms with E-state index in [1.165, 1.54) is 18.9 Å². The van der Waals surface area contributed by atoms with Gasteiger partial charge in [0.15, 0.2) is 11.8 Å². The average Bonchev–Trinajstić information content (AvgIpc) is 2.99. The van der Waals surface area contributed by atoms with Gasteiger partial charge in [-0.25, -0.2) is 9.59 Å². The van der Waals surface area contributed by atoms with Crippen molar-refractivity contribution in [1.82, 2.24) is 10.6 Å². The molecule has 2 N–H and O–H groups in total. The number of methoxy groups -OCH3 is 1. The first-order valence-electron chi connectivity index (χ1n) is 10.9. The van der Waals surface area contributed by atoms with Crippen LogP contribution in [-0.4, -0.2) is 85.0 Å². The summed E-state index contributed by atoms with van der Waals surface area (Å²) in [7, 11) is 1.23. The molecule has 1 aliphatic rings. The molecule has 0 bridgehead atoms. The van der Waals surface area contributed by atoms with Crippen molar-refractivity contribution in [2.45, 2.75) is 90.6 Å². The lowest BCUT2D eigenvalue weighted by Gasteiger charge is -2.26. The van der Waals surface area contributed by atoms with E-state index in [0.29, 0.717) is 12.4 Å². The molecule has 0 unspecified atom stereocenters. The number of hydrogen-bond donors (Lipinski definition) is 2. The van der Waals surface area contributed by atoms with Crippen LogP contribution in [-0.2, 0) is 33.3 Å². The summed E-state index contributed by atoms with van der Waals surface area (Å²) < 4.78 is 27.1. The fraction of sp³-hybridized carbons (Fsp3) is 0.864. The van der Waals surface area contributed by atoms with Crippen LogP contribution in [0.15, 0.2) is 0 Å². The Morgan fingerprint density at radius 3 is 2.18 bits per heavy atom. The molecule has 10 nitrogen and oxygen atoms in total. The van der Waals surface area contributed by atoms with Crippen LogP contribution in [0.5, 0.6) is 0 Å². The zero-order valence-electron chi connectivity index (χ0n) is 21.2. The Balaban J connectivity index is 2.82. The van der Waals surface area contributed by atoms with Crippen molar-refractivity contribution in [2.24, 2.45) is 0 Å². The predicted octanol–water partition coefficient (Wildman–Crippen LogP) is 2.24. The Kier molecular flexibility index (Phi) is 10.9. The molecule has 0 aromatic heterocycles. The van der Waals surface area contributed by atoms with E-state index in [1.807, 2.05) is 34.6 Å². The minimum Gasteiger partial charge on any atom is -0.467 e. The molecule has 1 heterocycles. The SMILES string of the molecule is COC(=O)[C@H](COC(C)(C)C)NC(=O)[C@H](CSC[C@H]1COC(C)(C)O1)NC(=O)OC(C)(C)C. The lowest BCUT2D eigenvalue weighted by Crippen LogP contribution is -2.55. The molecule has 1 fully saturated rings. The molecule has 0 aromatic carbocycles. The quantitative estimate of drug-likeness (QED) is 0.442. The Morgan fingerprint density at radius 1 is 1.06 bits per heavy atom. The number of ether oxygens (including phenoxy) is 5. The summed E-state index contributed by atoms with van der Waals surface area (Å²) in [4.78, 5) is 37.5. The van der Waals surface area contributed by atoms with E-state index in [4.69, 9.17) is 23.7 Å². The van der Waals surface area contributed by atoms with Crippen molar-refractivity contribution in [1.29, 1.82) is 0 Å². The summed E-state index contributed by atoms with van der Waals surface area (Å²) >= 11 is 1.42. The topological polar surface area (TPSA) is 121 Å². The highest BCUT2D eigenvalue weighted by molar-refractivity contribution is 7.99. The number of nitrogens with one attached hydrogen (secondary N) is 2. The normalized spacial score (nSPS) is 20.0. The number of hydrogen-bond acceptors (Lipinski definition) is 9. The maximum Gasteiger partial charge on any atom is 0.408 e. The third kappa shape index (κ3) is 12.5. The first-order valence-corrected chi connectivity index (χ1v) is 12.1. The molecule has 3 atom stereocenters. The Labute approximate surface area is 201 Å². The molecule has 0 saturated carbocycles. The monoisotopic (exact) mass is 492 g/mol. The number of thioether (sulfide) groups is 1. The maximum atomic E-state index is 13.0. The van der Waals surface area contributed by atoms with Gasteiger partial charge < -0.3 is 34.3 Å². The summed E-state index contributed by atoms with van der Waals surface area (Å²) in [5.41, 5.74) is -1.24. The number of carbonyl (C=O) groups is 3. The molecule has 0 aliphatic carbocycles. The average molecular weight is 493 g/mol. The van der Waals surface area contributed by atoms with Gasteiger partial charge >= 0.3 is 12.1 Å². The van der Waals surface area contributed by atoms with E-state index in [2.05, 4.69) is 10.6 Å². The molecule has 1 saturated heterocycles. The molecule has 33 heavy (non-hydrogen) atoms. The van der Waals surface area contributed by atoms with Crippen LogP contribution in [0, 0.1) is 0 Å². The standard InChI is InChI=1S/C22H40N2O8S/c1-20(2,3)29-11-15(18(26)28-9)23-17(25)16(24-19(27)32-21(4,5)6)13-33-12-14-10-30-22(7,8)31-14/h14-16H,10-13H2,1-9H3,(H,23,25)(H,24,27)/t14-,15+,16+/m1/s1.